The van der Waals surface area contributed by atoms with Gasteiger partial charge < -0.3 is 15.5 Å². The van der Waals surface area contributed by atoms with E-state index in [1.54, 1.807) is 18.2 Å². The monoisotopic (exact) mass is 380 g/mol. The Morgan fingerprint density at radius 2 is 2.04 bits per heavy atom. The van der Waals surface area contributed by atoms with E-state index < -0.39 is 31.0 Å². The molecule has 3 N–H and O–H groups in total. The van der Waals surface area contributed by atoms with Crippen LogP contribution in [0.4, 0.5) is 8.78 Å². The predicted molar refractivity (Wildman–Crippen MR) is 93.1 cm³/mol. The normalized spacial score (nSPS) is 20.0. The molecule has 1 fully saturated rings. The molecule has 2 aliphatic rings. The summed E-state index contributed by atoms with van der Waals surface area (Å²) in [6.07, 6.45) is 0.506. The maximum Gasteiger partial charge on any atom is 0.272 e. The van der Waals surface area contributed by atoms with E-state index in [2.05, 4.69) is 16.0 Å². The topological polar surface area (TPSA) is 90.5 Å². The first kappa shape index (κ1) is 19.4. The van der Waals surface area contributed by atoms with E-state index in [1.807, 2.05) is 0 Å². The Balaban J connectivity index is 1.64. The summed E-state index contributed by atoms with van der Waals surface area (Å²) in [7, 11) is 1.47. The highest BCUT2D eigenvalue weighted by Crippen LogP contribution is 2.28. The summed E-state index contributed by atoms with van der Waals surface area (Å²) in [5.74, 6) is -3.92. The summed E-state index contributed by atoms with van der Waals surface area (Å²) in [5.41, 5.74) is 1.97. The lowest BCUT2D eigenvalue weighted by atomic mass is 10.0. The molecule has 146 valence electrons. The first-order valence-electron chi connectivity index (χ1n) is 8.80. The number of hydrogen-bond acceptors (Lipinski definition) is 5. The summed E-state index contributed by atoms with van der Waals surface area (Å²) < 4.78 is 27.0. The van der Waals surface area contributed by atoms with E-state index in [9.17, 15) is 23.2 Å². The van der Waals surface area contributed by atoms with Crippen LogP contribution >= 0.6 is 0 Å². The number of nitrogens with zero attached hydrogens (tertiary/aromatic N) is 1. The van der Waals surface area contributed by atoms with Crippen molar-refractivity contribution in [1.82, 2.24) is 20.9 Å². The van der Waals surface area contributed by atoms with Crippen LogP contribution in [0.5, 0.6) is 0 Å². The molecule has 0 aromatic heterocycles. The molecule has 0 bridgehead atoms. The van der Waals surface area contributed by atoms with Crippen molar-refractivity contribution in [2.24, 2.45) is 0 Å². The number of rotatable bonds is 7. The molecular formula is C18H22F2N4O3. The van der Waals surface area contributed by atoms with Gasteiger partial charge in [0.2, 0.25) is 11.8 Å². The van der Waals surface area contributed by atoms with Crippen molar-refractivity contribution in [2.75, 3.05) is 20.1 Å². The maximum absolute atomic E-state index is 13.5. The number of carbonyl (C=O) groups is 3. The van der Waals surface area contributed by atoms with Crippen molar-refractivity contribution >= 4 is 17.7 Å². The third kappa shape index (κ3) is 4.30. The fourth-order valence-electron chi connectivity index (χ4n) is 3.42. The minimum Gasteiger partial charge on any atom is -0.322 e. The van der Waals surface area contributed by atoms with Crippen LogP contribution in [0.15, 0.2) is 18.2 Å². The Bertz CT molecular complexity index is 769. The Hall–Kier alpha value is -2.39. The van der Waals surface area contributed by atoms with Crippen molar-refractivity contribution in [3.63, 3.8) is 0 Å². The Morgan fingerprint density at radius 1 is 1.26 bits per heavy atom. The third-order valence-corrected chi connectivity index (χ3v) is 4.74. The highest BCUT2D eigenvalue weighted by molar-refractivity contribution is 6.05. The molecule has 1 unspecified atom stereocenters. The van der Waals surface area contributed by atoms with E-state index in [4.69, 9.17) is 0 Å². The smallest absolute Gasteiger partial charge is 0.272 e. The number of benzene rings is 1. The van der Waals surface area contributed by atoms with Crippen LogP contribution in [0.2, 0.25) is 0 Å². The Labute approximate surface area is 155 Å². The average molecular weight is 380 g/mol. The molecule has 2 aliphatic heterocycles. The standard InChI is InChI=1S/C18H22F2N4O3/c1-21-9-18(19,20)10-22-7-11-2-3-12-8-24(17(27)13(12)6-11)14-4-5-15(25)23-16(14)26/h2-3,6,14,21-22H,4-5,7-10H2,1H3,(H,23,25,26). The molecule has 0 saturated carbocycles. The molecule has 0 radical (unpaired) electrons. The van der Waals surface area contributed by atoms with E-state index in [0.29, 0.717) is 24.1 Å². The van der Waals surface area contributed by atoms with E-state index in [0.717, 1.165) is 5.56 Å². The molecule has 2 heterocycles. The van der Waals surface area contributed by atoms with Crippen molar-refractivity contribution in [2.45, 2.75) is 37.9 Å². The maximum atomic E-state index is 13.5. The van der Waals surface area contributed by atoms with Crippen LogP contribution in [0.3, 0.4) is 0 Å². The molecule has 9 heteroatoms. The van der Waals surface area contributed by atoms with Gasteiger partial charge in [-0.15, -0.1) is 0 Å². The van der Waals surface area contributed by atoms with Gasteiger partial charge >= 0.3 is 0 Å². The van der Waals surface area contributed by atoms with Crippen LogP contribution in [-0.4, -0.2) is 54.7 Å². The van der Waals surface area contributed by atoms with Gasteiger partial charge in [-0.25, -0.2) is 8.78 Å². The van der Waals surface area contributed by atoms with Crippen molar-refractivity contribution in [1.29, 1.82) is 0 Å². The van der Waals surface area contributed by atoms with Crippen molar-refractivity contribution < 1.29 is 23.2 Å². The van der Waals surface area contributed by atoms with Crippen molar-refractivity contribution in [3.05, 3.63) is 34.9 Å². The van der Waals surface area contributed by atoms with Gasteiger partial charge in [0.1, 0.15) is 6.04 Å². The van der Waals surface area contributed by atoms with Gasteiger partial charge in [-0.05, 0) is 30.7 Å². The van der Waals surface area contributed by atoms with E-state index in [1.165, 1.54) is 11.9 Å². The summed E-state index contributed by atoms with van der Waals surface area (Å²) in [6, 6.07) is 4.57. The van der Waals surface area contributed by atoms with Gasteiger partial charge in [-0.3, -0.25) is 19.7 Å². The zero-order valence-electron chi connectivity index (χ0n) is 15.0. The number of amides is 3. The van der Waals surface area contributed by atoms with Crippen LogP contribution < -0.4 is 16.0 Å². The zero-order chi connectivity index (χ0) is 19.6. The number of halogens is 2. The molecule has 3 rings (SSSR count). The molecule has 7 nitrogen and oxygen atoms in total. The molecule has 0 spiro atoms. The van der Waals surface area contributed by atoms with Gasteiger partial charge in [0.15, 0.2) is 0 Å². The number of hydrogen-bond donors (Lipinski definition) is 3. The lowest BCUT2D eigenvalue weighted by Gasteiger charge is -2.29. The second-order valence-electron chi connectivity index (χ2n) is 6.88. The Kier molecular flexibility index (Phi) is 5.52. The first-order chi connectivity index (χ1) is 12.8. The van der Waals surface area contributed by atoms with Crippen LogP contribution in [0, 0.1) is 0 Å². The molecule has 1 aromatic rings. The zero-order valence-corrected chi connectivity index (χ0v) is 15.0. The molecule has 1 aromatic carbocycles. The highest BCUT2D eigenvalue weighted by atomic mass is 19.3. The van der Waals surface area contributed by atoms with Gasteiger partial charge in [0.25, 0.3) is 11.8 Å². The molecule has 0 aliphatic carbocycles. The van der Waals surface area contributed by atoms with Gasteiger partial charge in [0, 0.05) is 25.1 Å². The molecule has 1 saturated heterocycles. The average Bonchev–Trinajstić information content (AvgIpc) is 2.91. The van der Waals surface area contributed by atoms with E-state index in [-0.39, 0.29) is 24.8 Å². The fraction of sp³-hybridized carbons (Fsp3) is 0.500. The third-order valence-electron chi connectivity index (χ3n) is 4.74. The van der Waals surface area contributed by atoms with Gasteiger partial charge in [-0.2, -0.15) is 0 Å². The highest BCUT2D eigenvalue weighted by Gasteiger charge is 2.39. The lowest BCUT2D eigenvalue weighted by Crippen LogP contribution is -2.52. The lowest BCUT2D eigenvalue weighted by molar-refractivity contribution is -0.136. The number of imide groups is 1. The molecule has 1 atom stereocenters. The van der Waals surface area contributed by atoms with Gasteiger partial charge in [0.05, 0.1) is 13.1 Å². The number of alkyl halides is 2. The first-order valence-corrected chi connectivity index (χ1v) is 8.80. The van der Waals surface area contributed by atoms with Crippen LogP contribution in [-0.2, 0) is 22.7 Å². The van der Waals surface area contributed by atoms with Crippen molar-refractivity contribution in [3.8, 4) is 0 Å². The predicted octanol–water partition coefficient (Wildman–Crippen LogP) is 0.392. The largest absolute Gasteiger partial charge is 0.322 e. The second kappa shape index (κ2) is 7.69. The SMILES string of the molecule is CNCC(F)(F)CNCc1ccc2c(c1)C(=O)N(C1CCC(=O)NC1=O)C2. The number of piperidine rings is 1. The van der Waals surface area contributed by atoms with E-state index >= 15 is 0 Å². The van der Waals surface area contributed by atoms with Crippen LogP contribution in [0.1, 0.15) is 34.3 Å². The summed E-state index contributed by atoms with van der Waals surface area (Å²) in [6.45, 7) is -0.377. The molecule has 27 heavy (non-hydrogen) atoms. The number of carbonyl (C=O) groups excluding carboxylic acids is 3. The molecular weight excluding hydrogens is 358 g/mol. The summed E-state index contributed by atoms with van der Waals surface area (Å²) in [5, 5.41) is 7.41. The van der Waals surface area contributed by atoms with Gasteiger partial charge in [-0.1, -0.05) is 12.1 Å². The summed E-state index contributed by atoms with van der Waals surface area (Å²) in [4.78, 5) is 37.5. The minimum atomic E-state index is -2.86. The number of nitrogens with one attached hydrogen (secondary N) is 3. The minimum absolute atomic E-state index is 0.201. The second-order valence-corrected chi connectivity index (χ2v) is 6.88. The van der Waals surface area contributed by atoms with Crippen LogP contribution in [0.25, 0.3) is 0 Å². The quantitative estimate of drug-likeness (QED) is 0.596. The number of fused-ring (bicyclic) bond motifs is 1. The molecule has 3 amide bonds. The fourth-order valence-corrected chi connectivity index (χ4v) is 3.42. The summed E-state index contributed by atoms with van der Waals surface area (Å²) >= 11 is 0. The Morgan fingerprint density at radius 3 is 2.74 bits per heavy atom.